The van der Waals surface area contributed by atoms with Gasteiger partial charge in [0.25, 0.3) is 0 Å². The Balaban J connectivity index is 2.20. The van der Waals surface area contributed by atoms with Crippen molar-refractivity contribution >= 4 is 23.7 Å². The van der Waals surface area contributed by atoms with Crippen LogP contribution in [0.15, 0.2) is 40.2 Å². The van der Waals surface area contributed by atoms with E-state index in [-0.39, 0.29) is 5.97 Å². The maximum absolute atomic E-state index is 11.0. The lowest BCUT2D eigenvalue weighted by Gasteiger charge is -2.11. The molecular weight excluding hydrogens is 310 g/mol. The van der Waals surface area contributed by atoms with Gasteiger partial charge in [0.2, 0.25) is 0 Å². The van der Waals surface area contributed by atoms with Crippen LogP contribution in [0.2, 0.25) is 0 Å². The van der Waals surface area contributed by atoms with Gasteiger partial charge in [0.05, 0.1) is 7.11 Å². The Bertz CT molecular complexity index is 466. The summed E-state index contributed by atoms with van der Waals surface area (Å²) in [5.74, 6) is 1.66. The number of nitrogens with zero attached hydrogens (tertiary/aromatic N) is 1. The van der Waals surface area contributed by atoms with Gasteiger partial charge in [0.1, 0.15) is 0 Å². The van der Waals surface area contributed by atoms with Crippen LogP contribution in [0.5, 0.6) is 0 Å². The summed E-state index contributed by atoms with van der Waals surface area (Å²) in [6.45, 7) is 4.44. The molecule has 0 aliphatic carbocycles. The van der Waals surface area contributed by atoms with E-state index in [1.54, 1.807) is 0 Å². The zero-order valence-corrected chi connectivity index (χ0v) is 14.8. The molecule has 23 heavy (non-hydrogen) atoms. The van der Waals surface area contributed by atoms with Crippen LogP contribution in [0.1, 0.15) is 26.2 Å². The third kappa shape index (κ3) is 9.84. The second kappa shape index (κ2) is 12.8. The van der Waals surface area contributed by atoms with Crippen LogP contribution in [0.4, 0.5) is 0 Å². The monoisotopic (exact) mass is 337 g/mol. The predicted octanol–water partition coefficient (Wildman–Crippen LogP) is 2.68. The van der Waals surface area contributed by atoms with Gasteiger partial charge in [-0.15, -0.1) is 11.8 Å². The van der Waals surface area contributed by atoms with Crippen molar-refractivity contribution in [3.8, 4) is 0 Å². The second-order valence-corrected chi connectivity index (χ2v) is 6.05. The number of hydrogen-bond acceptors (Lipinski definition) is 4. The van der Waals surface area contributed by atoms with E-state index in [9.17, 15) is 4.79 Å². The molecule has 0 atom stereocenters. The molecule has 0 amide bonds. The van der Waals surface area contributed by atoms with Gasteiger partial charge in [-0.25, -0.2) is 0 Å². The number of carbonyl (C=O) groups is 1. The molecule has 0 heterocycles. The Morgan fingerprint density at radius 3 is 2.70 bits per heavy atom. The lowest BCUT2D eigenvalue weighted by Crippen LogP contribution is -2.38. The van der Waals surface area contributed by atoms with Gasteiger partial charge in [-0.2, -0.15) is 0 Å². The number of benzene rings is 1. The van der Waals surface area contributed by atoms with Crippen molar-refractivity contribution in [2.24, 2.45) is 4.99 Å². The Hall–Kier alpha value is -1.69. The van der Waals surface area contributed by atoms with E-state index in [0.717, 1.165) is 37.6 Å². The normalized spacial score (nSPS) is 11.1. The van der Waals surface area contributed by atoms with Gasteiger partial charge < -0.3 is 15.4 Å². The van der Waals surface area contributed by atoms with Crippen molar-refractivity contribution in [2.75, 3.05) is 32.5 Å². The van der Waals surface area contributed by atoms with Crippen molar-refractivity contribution in [2.45, 2.75) is 31.1 Å². The number of aliphatic imine (C=N–C) groups is 1. The highest BCUT2D eigenvalue weighted by Gasteiger charge is 2.00. The van der Waals surface area contributed by atoms with E-state index in [0.29, 0.717) is 13.0 Å². The minimum atomic E-state index is -0.156. The van der Waals surface area contributed by atoms with Crippen molar-refractivity contribution in [3.05, 3.63) is 30.3 Å². The minimum absolute atomic E-state index is 0.156. The van der Waals surface area contributed by atoms with Gasteiger partial charge in [-0.05, 0) is 31.9 Å². The van der Waals surface area contributed by atoms with Crippen molar-refractivity contribution in [1.82, 2.24) is 10.6 Å². The standard InChI is InChI=1S/C17H27N3O2S/c1-3-18-17(19-12-8-7-11-16(21)22-2)20-13-14-23-15-9-5-4-6-10-15/h4-6,9-10H,3,7-8,11-14H2,1-2H3,(H2,18,19,20). The van der Waals surface area contributed by atoms with Crippen LogP contribution in [-0.4, -0.2) is 44.4 Å². The molecule has 0 bridgehead atoms. The SMILES string of the molecule is CCNC(=NCCCCC(=O)OC)NCCSc1ccccc1. The summed E-state index contributed by atoms with van der Waals surface area (Å²) < 4.78 is 4.62. The van der Waals surface area contributed by atoms with E-state index < -0.39 is 0 Å². The average molecular weight is 337 g/mol. The van der Waals surface area contributed by atoms with Gasteiger partial charge in [0, 0.05) is 36.7 Å². The van der Waals surface area contributed by atoms with E-state index in [1.807, 2.05) is 24.8 Å². The fourth-order valence-corrected chi connectivity index (χ4v) is 2.66. The summed E-state index contributed by atoms with van der Waals surface area (Å²) in [5.41, 5.74) is 0. The second-order valence-electron chi connectivity index (χ2n) is 4.88. The van der Waals surface area contributed by atoms with Crippen LogP contribution in [0.25, 0.3) is 0 Å². The number of rotatable bonds is 10. The fraction of sp³-hybridized carbons (Fsp3) is 0.529. The summed E-state index contributed by atoms with van der Waals surface area (Å²) in [4.78, 5) is 16.8. The Labute approximate surface area is 143 Å². The molecule has 0 spiro atoms. The zero-order valence-electron chi connectivity index (χ0n) is 14.0. The predicted molar refractivity (Wildman–Crippen MR) is 97.0 cm³/mol. The zero-order chi connectivity index (χ0) is 16.8. The molecule has 1 aromatic carbocycles. The van der Waals surface area contributed by atoms with E-state index in [4.69, 9.17) is 0 Å². The number of guanidine groups is 1. The van der Waals surface area contributed by atoms with E-state index in [2.05, 4.69) is 44.6 Å². The minimum Gasteiger partial charge on any atom is -0.469 e. The van der Waals surface area contributed by atoms with Crippen molar-refractivity contribution in [3.63, 3.8) is 0 Å². The molecule has 2 N–H and O–H groups in total. The highest BCUT2D eigenvalue weighted by molar-refractivity contribution is 7.99. The van der Waals surface area contributed by atoms with Crippen LogP contribution in [0, 0.1) is 0 Å². The Morgan fingerprint density at radius 1 is 1.22 bits per heavy atom. The number of carbonyl (C=O) groups excluding carboxylic acids is 1. The van der Waals surface area contributed by atoms with Crippen LogP contribution in [-0.2, 0) is 9.53 Å². The molecule has 0 aromatic heterocycles. The smallest absolute Gasteiger partial charge is 0.305 e. The van der Waals surface area contributed by atoms with Gasteiger partial charge in [-0.3, -0.25) is 9.79 Å². The Kier molecular flexibility index (Phi) is 10.8. The number of nitrogens with one attached hydrogen (secondary N) is 2. The fourth-order valence-electron chi connectivity index (χ4n) is 1.87. The van der Waals surface area contributed by atoms with E-state index >= 15 is 0 Å². The van der Waals surface area contributed by atoms with Crippen molar-refractivity contribution < 1.29 is 9.53 Å². The largest absolute Gasteiger partial charge is 0.469 e. The van der Waals surface area contributed by atoms with Crippen LogP contribution in [0.3, 0.4) is 0 Å². The summed E-state index contributed by atoms with van der Waals surface area (Å²) in [6.07, 6.45) is 2.15. The highest BCUT2D eigenvalue weighted by atomic mass is 32.2. The molecule has 6 heteroatoms. The molecule has 0 aliphatic rings. The molecule has 0 radical (unpaired) electrons. The molecule has 0 fully saturated rings. The van der Waals surface area contributed by atoms with Crippen LogP contribution < -0.4 is 10.6 Å². The van der Waals surface area contributed by atoms with E-state index in [1.165, 1.54) is 12.0 Å². The molecule has 0 aliphatic heterocycles. The molecule has 5 nitrogen and oxygen atoms in total. The number of methoxy groups -OCH3 is 1. The molecule has 128 valence electrons. The van der Waals surface area contributed by atoms with Crippen molar-refractivity contribution in [1.29, 1.82) is 0 Å². The molecule has 1 rings (SSSR count). The first-order chi connectivity index (χ1) is 11.3. The lowest BCUT2D eigenvalue weighted by atomic mass is 10.2. The number of hydrogen-bond donors (Lipinski definition) is 2. The van der Waals surface area contributed by atoms with Gasteiger partial charge in [0.15, 0.2) is 5.96 Å². The van der Waals surface area contributed by atoms with Gasteiger partial charge >= 0.3 is 5.97 Å². The summed E-state index contributed by atoms with van der Waals surface area (Å²) in [7, 11) is 1.42. The number of ether oxygens (including phenoxy) is 1. The summed E-state index contributed by atoms with van der Waals surface area (Å²) in [6, 6.07) is 10.4. The molecular formula is C17H27N3O2S. The quantitative estimate of drug-likeness (QED) is 0.226. The van der Waals surface area contributed by atoms with Crippen LogP contribution >= 0.6 is 11.8 Å². The maximum atomic E-state index is 11.0. The lowest BCUT2D eigenvalue weighted by molar-refractivity contribution is -0.140. The maximum Gasteiger partial charge on any atom is 0.305 e. The highest BCUT2D eigenvalue weighted by Crippen LogP contribution is 2.15. The number of esters is 1. The summed E-state index contributed by atoms with van der Waals surface area (Å²) in [5, 5.41) is 6.56. The first kappa shape index (κ1) is 19.4. The average Bonchev–Trinajstić information content (AvgIpc) is 2.58. The first-order valence-corrected chi connectivity index (χ1v) is 9.01. The topological polar surface area (TPSA) is 62.7 Å². The third-order valence-corrected chi connectivity index (χ3v) is 4.05. The number of unbranched alkanes of at least 4 members (excludes halogenated alkanes) is 1. The summed E-state index contributed by atoms with van der Waals surface area (Å²) >= 11 is 1.82. The molecule has 0 saturated carbocycles. The Morgan fingerprint density at radius 2 is 2.00 bits per heavy atom. The first-order valence-electron chi connectivity index (χ1n) is 8.03. The number of thioether (sulfide) groups is 1. The third-order valence-electron chi connectivity index (χ3n) is 3.04. The molecule has 0 saturated heterocycles. The van der Waals surface area contributed by atoms with Gasteiger partial charge in [-0.1, -0.05) is 18.2 Å². The molecule has 1 aromatic rings. The molecule has 0 unspecified atom stereocenters.